The molecule has 32 heavy (non-hydrogen) atoms. The lowest BCUT2D eigenvalue weighted by Crippen LogP contribution is -2.42. The molecule has 4 atom stereocenters. The molecule has 3 aromatic rings. The van der Waals surface area contributed by atoms with Crippen molar-refractivity contribution in [1.82, 2.24) is 24.4 Å². The van der Waals surface area contributed by atoms with Gasteiger partial charge in [-0.25, -0.2) is 15.0 Å². The number of rotatable bonds is 4. The molecule has 2 aromatic heterocycles. The topological polar surface area (TPSA) is 205 Å². The fraction of sp³-hybridized carbons (Fsp3) is 0.278. The zero-order chi connectivity index (χ0) is 22.6. The number of ether oxygens (including phenoxy) is 1. The molecule has 2 aliphatic rings. The van der Waals surface area contributed by atoms with Gasteiger partial charge < -0.3 is 20.7 Å². The van der Waals surface area contributed by atoms with E-state index in [-0.39, 0.29) is 40.6 Å². The Morgan fingerprint density at radius 2 is 1.84 bits per heavy atom. The third-order valence-corrected chi connectivity index (χ3v) is 5.45. The average Bonchev–Trinajstić information content (AvgIpc) is 3.37. The number of aromatic nitrogens is 4. The van der Waals surface area contributed by atoms with Crippen molar-refractivity contribution in [2.24, 2.45) is 5.11 Å². The van der Waals surface area contributed by atoms with Gasteiger partial charge in [0.2, 0.25) is 5.95 Å². The van der Waals surface area contributed by atoms with Crippen molar-refractivity contribution >= 4 is 34.7 Å². The van der Waals surface area contributed by atoms with Gasteiger partial charge in [-0.1, -0.05) is 12.1 Å². The van der Waals surface area contributed by atoms with Crippen molar-refractivity contribution in [2.45, 2.75) is 24.5 Å². The van der Waals surface area contributed by atoms with E-state index in [0.29, 0.717) is 0 Å². The lowest BCUT2D eigenvalue weighted by molar-refractivity contribution is -0.0391. The van der Waals surface area contributed by atoms with Gasteiger partial charge in [-0.3, -0.25) is 19.1 Å². The van der Waals surface area contributed by atoms with E-state index in [1.807, 2.05) is 0 Å². The number of amides is 2. The summed E-state index contributed by atoms with van der Waals surface area (Å²) in [6.07, 6.45) is -4.25. The summed E-state index contributed by atoms with van der Waals surface area (Å²) < 4.78 is 7.00. The van der Waals surface area contributed by atoms with Gasteiger partial charge in [0.25, 0.3) is 11.8 Å². The molecule has 0 radical (unpaired) electrons. The van der Waals surface area contributed by atoms with Crippen molar-refractivity contribution in [2.75, 3.05) is 12.3 Å². The molecule has 1 aromatic carbocycles. The van der Waals surface area contributed by atoms with Crippen molar-refractivity contribution in [3.05, 3.63) is 52.2 Å². The number of nitrogens with two attached hydrogens (primary N) is 1. The van der Waals surface area contributed by atoms with Crippen LogP contribution < -0.4 is 5.73 Å². The van der Waals surface area contributed by atoms with Crippen LogP contribution in [0.2, 0.25) is 0 Å². The van der Waals surface area contributed by atoms with Crippen LogP contribution >= 0.6 is 0 Å². The molecule has 162 valence electrons. The standard InChI is InChI=1S/C18H15N9O5/c19-13-10-14(22-6-21-13)27(18(23-10)24-25-20)17-12(29)11(28)9(32-17)5-26-15(30)7-3-1-2-4-8(7)16(26)31/h1-4,6,9,11-12,17,28-29H,5H2,(H2,19,21,22)/t9-,11?,12?,17-/m1/s1. The predicted octanol–water partition coefficient (Wildman–Crippen LogP) is 0.266. The molecule has 0 bridgehead atoms. The first-order valence-electron chi connectivity index (χ1n) is 9.42. The smallest absolute Gasteiger partial charge is 0.261 e. The number of benzene rings is 1. The summed E-state index contributed by atoms with van der Waals surface area (Å²) in [5.41, 5.74) is 15.4. The highest BCUT2D eigenvalue weighted by molar-refractivity contribution is 6.21. The van der Waals surface area contributed by atoms with E-state index in [0.717, 1.165) is 11.2 Å². The Hall–Kier alpha value is -4.10. The molecule has 2 unspecified atom stereocenters. The Kier molecular flexibility index (Phi) is 4.49. The van der Waals surface area contributed by atoms with Crippen LogP contribution in [-0.4, -0.2) is 71.3 Å². The molecule has 14 heteroatoms. The molecular formula is C18H15N9O5. The molecule has 0 spiro atoms. The highest BCUT2D eigenvalue weighted by atomic mass is 16.6. The first kappa shape index (κ1) is 19.8. The van der Waals surface area contributed by atoms with Gasteiger partial charge in [0, 0.05) is 4.91 Å². The lowest BCUT2D eigenvalue weighted by Gasteiger charge is -2.21. The van der Waals surface area contributed by atoms with Gasteiger partial charge in [0.1, 0.15) is 24.6 Å². The number of carbonyl (C=O) groups is 2. The summed E-state index contributed by atoms with van der Waals surface area (Å²) in [5.74, 6) is -1.25. The third-order valence-electron chi connectivity index (χ3n) is 5.45. The van der Waals surface area contributed by atoms with Gasteiger partial charge in [-0.05, 0) is 22.8 Å². The number of anilines is 1. The molecule has 4 heterocycles. The average molecular weight is 437 g/mol. The Labute approximate surface area is 178 Å². The molecule has 5 rings (SSSR count). The number of aliphatic hydroxyl groups is 2. The number of azide groups is 1. The number of hydrogen-bond acceptors (Lipinski definition) is 10. The normalized spacial score (nSPS) is 24.8. The van der Waals surface area contributed by atoms with Crippen LogP contribution in [0, 0.1) is 0 Å². The van der Waals surface area contributed by atoms with E-state index in [4.69, 9.17) is 16.0 Å². The van der Waals surface area contributed by atoms with Gasteiger partial charge in [-0.15, -0.1) is 0 Å². The predicted molar refractivity (Wildman–Crippen MR) is 106 cm³/mol. The molecule has 2 amide bonds. The van der Waals surface area contributed by atoms with Crippen molar-refractivity contribution < 1.29 is 24.5 Å². The zero-order valence-electron chi connectivity index (χ0n) is 16.2. The second-order valence-electron chi connectivity index (χ2n) is 7.22. The molecule has 2 aliphatic heterocycles. The van der Waals surface area contributed by atoms with Crippen LogP contribution in [0.3, 0.4) is 0 Å². The van der Waals surface area contributed by atoms with Gasteiger partial charge in [-0.2, -0.15) is 0 Å². The fourth-order valence-electron chi connectivity index (χ4n) is 3.94. The number of hydrogen-bond donors (Lipinski definition) is 3. The maximum absolute atomic E-state index is 12.6. The van der Waals surface area contributed by atoms with Crippen LogP contribution in [0.25, 0.3) is 21.6 Å². The highest BCUT2D eigenvalue weighted by Crippen LogP contribution is 2.37. The summed E-state index contributed by atoms with van der Waals surface area (Å²) in [5, 5.41) is 24.8. The monoisotopic (exact) mass is 437 g/mol. The first-order chi connectivity index (χ1) is 15.4. The second kappa shape index (κ2) is 7.25. The summed E-state index contributed by atoms with van der Waals surface area (Å²) in [7, 11) is 0. The summed E-state index contributed by atoms with van der Waals surface area (Å²) >= 11 is 0. The maximum atomic E-state index is 12.6. The maximum Gasteiger partial charge on any atom is 0.261 e. The van der Waals surface area contributed by atoms with Gasteiger partial charge in [0.05, 0.1) is 17.7 Å². The number of nitrogen functional groups attached to an aromatic ring is 1. The van der Waals surface area contributed by atoms with E-state index in [1.54, 1.807) is 12.1 Å². The molecule has 1 fully saturated rings. The Morgan fingerprint density at radius 3 is 2.50 bits per heavy atom. The van der Waals surface area contributed by atoms with Crippen LogP contribution in [0.4, 0.5) is 11.8 Å². The number of nitrogens with zero attached hydrogens (tertiary/aromatic N) is 8. The zero-order valence-corrected chi connectivity index (χ0v) is 16.2. The number of carbonyl (C=O) groups excluding carboxylic acids is 2. The third kappa shape index (κ3) is 2.79. The minimum absolute atomic E-state index is 0.0127. The number of imidazole rings is 1. The minimum atomic E-state index is -1.52. The van der Waals surface area contributed by atoms with Crippen LogP contribution in [0.5, 0.6) is 0 Å². The summed E-state index contributed by atoms with van der Waals surface area (Å²) in [6.45, 7) is -0.304. The molecule has 0 aliphatic carbocycles. The molecule has 1 saturated heterocycles. The van der Waals surface area contributed by atoms with Gasteiger partial charge in [0.15, 0.2) is 23.2 Å². The van der Waals surface area contributed by atoms with Crippen LogP contribution in [0.1, 0.15) is 26.9 Å². The van der Waals surface area contributed by atoms with E-state index in [2.05, 4.69) is 25.0 Å². The SMILES string of the molecule is [N-]=[N+]=Nc1nc2c(N)ncnc2n1[C@@H]1O[C@H](CN2C(=O)c3ccccc3C2=O)C(O)C1O. The largest absolute Gasteiger partial charge is 0.387 e. The first-order valence-corrected chi connectivity index (χ1v) is 9.42. The lowest BCUT2D eigenvalue weighted by atomic mass is 10.1. The molecular weight excluding hydrogens is 422 g/mol. The number of fused-ring (bicyclic) bond motifs is 2. The van der Waals surface area contributed by atoms with Crippen LogP contribution in [-0.2, 0) is 4.74 Å². The quantitative estimate of drug-likeness (QED) is 0.221. The number of aliphatic hydroxyl groups excluding tert-OH is 2. The van der Waals surface area contributed by atoms with E-state index < -0.39 is 36.4 Å². The second-order valence-corrected chi connectivity index (χ2v) is 7.22. The highest BCUT2D eigenvalue weighted by Gasteiger charge is 2.48. The van der Waals surface area contributed by atoms with Crippen molar-refractivity contribution in [1.29, 1.82) is 0 Å². The van der Waals surface area contributed by atoms with E-state index >= 15 is 0 Å². The molecule has 4 N–H and O–H groups in total. The van der Waals surface area contributed by atoms with Crippen molar-refractivity contribution in [3.8, 4) is 0 Å². The fourth-order valence-corrected chi connectivity index (χ4v) is 3.94. The van der Waals surface area contributed by atoms with E-state index in [9.17, 15) is 19.8 Å². The van der Waals surface area contributed by atoms with Gasteiger partial charge >= 0.3 is 0 Å². The molecule has 0 saturated carbocycles. The number of imide groups is 1. The van der Waals surface area contributed by atoms with Crippen LogP contribution in [0.15, 0.2) is 35.7 Å². The Morgan fingerprint density at radius 1 is 1.16 bits per heavy atom. The summed E-state index contributed by atoms with van der Waals surface area (Å²) in [4.78, 5) is 40.9. The minimum Gasteiger partial charge on any atom is -0.387 e. The Bertz CT molecular complexity index is 1280. The van der Waals surface area contributed by atoms with E-state index in [1.165, 1.54) is 16.7 Å². The van der Waals surface area contributed by atoms with Crippen molar-refractivity contribution in [3.63, 3.8) is 0 Å². The summed E-state index contributed by atoms with van der Waals surface area (Å²) in [6, 6.07) is 6.35. The Balaban J connectivity index is 1.48. The molecule has 14 nitrogen and oxygen atoms in total.